The number of fused-ring (bicyclic) bond motifs is 1. The Bertz CT molecular complexity index is 882. The predicted octanol–water partition coefficient (Wildman–Crippen LogP) is 0.493. The number of rotatable bonds is 2. The van der Waals surface area contributed by atoms with Crippen molar-refractivity contribution in [2.75, 3.05) is 0 Å². The number of benzene rings is 1. The molecule has 2 amide bonds. The van der Waals surface area contributed by atoms with Crippen LogP contribution in [0.25, 0.3) is 11.0 Å². The standard InChI is InChI=1S/C16H15N3O3/c1-3-5-10-6-4-7-11-14(10)18(2)16(22)19(11)12-8-9-13(20)17-15(12)21/h1,4,6-7,12H,5,8-9H2,2H3,(H,17,20,21). The van der Waals surface area contributed by atoms with Gasteiger partial charge in [-0.2, -0.15) is 0 Å². The normalized spacial score (nSPS) is 18.3. The molecule has 0 radical (unpaired) electrons. The van der Waals surface area contributed by atoms with E-state index in [4.69, 9.17) is 6.42 Å². The number of nitrogens with one attached hydrogen (secondary N) is 1. The second kappa shape index (κ2) is 5.19. The Morgan fingerprint density at radius 1 is 1.36 bits per heavy atom. The minimum Gasteiger partial charge on any atom is -0.295 e. The number of carbonyl (C=O) groups excluding carboxylic acids is 2. The number of nitrogens with zero attached hydrogens (tertiary/aromatic N) is 2. The summed E-state index contributed by atoms with van der Waals surface area (Å²) in [7, 11) is 1.66. The zero-order valence-electron chi connectivity index (χ0n) is 12.1. The van der Waals surface area contributed by atoms with Crippen LogP contribution in [0.1, 0.15) is 24.4 Å². The molecule has 1 N–H and O–H groups in total. The molecule has 0 bridgehead atoms. The van der Waals surface area contributed by atoms with E-state index in [9.17, 15) is 14.4 Å². The summed E-state index contributed by atoms with van der Waals surface area (Å²) in [5.41, 5.74) is 1.98. The van der Waals surface area contributed by atoms with E-state index in [1.165, 1.54) is 9.13 Å². The third-order valence-electron chi connectivity index (χ3n) is 4.00. The van der Waals surface area contributed by atoms with Crippen molar-refractivity contribution >= 4 is 22.8 Å². The number of imidazole rings is 1. The number of piperidine rings is 1. The van der Waals surface area contributed by atoms with Gasteiger partial charge in [0.05, 0.1) is 11.0 Å². The first-order valence-corrected chi connectivity index (χ1v) is 7.00. The zero-order chi connectivity index (χ0) is 15.9. The molecule has 6 heteroatoms. The molecule has 22 heavy (non-hydrogen) atoms. The van der Waals surface area contributed by atoms with Crippen LogP contribution in [0.5, 0.6) is 0 Å². The number of carbonyl (C=O) groups is 2. The summed E-state index contributed by atoms with van der Waals surface area (Å²) in [6.07, 6.45) is 6.34. The minimum atomic E-state index is -0.671. The topological polar surface area (TPSA) is 73.1 Å². The van der Waals surface area contributed by atoms with Crippen molar-refractivity contribution in [1.82, 2.24) is 14.5 Å². The number of imide groups is 1. The molecule has 1 aromatic carbocycles. The molecule has 1 unspecified atom stereocenters. The highest BCUT2D eigenvalue weighted by Crippen LogP contribution is 2.24. The molecule has 0 spiro atoms. The van der Waals surface area contributed by atoms with Crippen LogP contribution in [0.3, 0.4) is 0 Å². The van der Waals surface area contributed by atoms with E-state index < -0.39 is 11.9 Å². The lowest BCUT2D eigenvalue weighted by atomic mass is 10.1. The molecule has 6 nitrogen and oxygen atoms in total. The van der Waals surface area contributed by atoms with Crippen molar-refractivity contribution in [3.8, 4) is 12.3 Å². The number of aromatic nitrogens is 2. The Labute approximate surface area is 126 Å². The summed E-state index contributed by atoms with van der Waals surface area (Å²) in [5.74, 6) is 1.84. The van der Waals surface area contributed by atoms with Crippen molar-refractivity contribution in [2.45, 2.75) is 25.3 Å². The summed E-state index contributed by atoms with van der Waals surface area (Å²) in [6, 6.07) is 4.81. The van der Waals surface area contributed by atoms with E-state index in [1.54, 1.807) is 13.1 Å². The van der Waals surface area contributed by atoms with Crippen molar-refractivity contribution in [1.29, 1.82) is 0 Å². The van der Waals surface area contributed by atoms with Crippen LogP contribution in [-0.2, 0) is 23.1 Å². The van der Waals surface area contributed by atoms with Crippen molar-refractivity contribution < 1.29 is 9.59 Å². The summed E-state index contributed by atoms with van der Waals surface area (Å²) >= 11 is 0. The summed E-state index contributed by atoms with van der Waals surface area (Å²) < 4.78 is 2.96. The Morgan fingerprint density at radius 2 is 2.14 bits per heavy atom. The highest BCUT2D eigenvalue weighted by Gasteiger charge is 2.31. The van der Waals surface area contributed by atoms with E-state index in [-0.39, 0.29) is 18.0 Å². The summed E-state index contributed by atoms with van der Waals surface area (Å²) in [6.45, 7) is 0. The fourth-order valence-corrected chi connectivity index (χ4v) is 3.00. The molecule has 2 heterocycles. The van der Waals surface area contributed by atoms with Crippen LogP contribution in [0.2, 0.25) is 0 Å². The average molecular weight is 297 g/mol. The second-order valence-corrected chi connectivity index (χ2v) is 5.34. The van der Waals surface area contributed by atoms with Gasteiger partial charge in [-0.3, -0.25) is 24.0 Å². The Kier molecular flexibility index (Phi) is 3.33. The monoisotopic (exact) mass is 297 g/mol. The highest BCUT2D eigenvalue weighted by atomic mass is 16.2. The van der Waals surface area contributed by atoms with E-state index in [1.807, 2.05) is 12.1 Å². The molecule has 1 atom stereocenters. The maximum absolute atomic E-state index is 12.6. The van der Waals surface area contributed by atoms with Crippen LogP contribution in [0.15, 0.2) is 23.0 Å². The first-order valence-electron chi connectivity index (χ1n) is 7.00. The molecule has 0 saturated carbocycles. The van der Waals surface area contributed by atoms with Gasteiger partial charge in [-0.05, 0) is 18.1 Å². The summed E-state index contributed by atoms with van der Waals surface area (Å²) in [4.78, 5) is 36.0. The van der Waals surface area contributed by atoms with Gasteiger partial charge >= 0.3 is 5.69 Å². The number of hydrogen-bond donors (Lipinski definition) is 1. The Morgan fingerprint density at radius 3 is 2.82 bits per heavy atom. The largest absolute Gasteiger partial charge is 0.329 e. The number of amides is 2. The van der Waals surface area contributed by atoms with Gasteiger partial charge < -0.3 is 0 Å². The molecule has 112 valence electrons. The Balaban J connectivity index is 2.23. The molecule has 1 aliphatic heterocycles. The van der Waals surface area contributed by atoms with Gasteiger partial charge in [-0.1, -0.05) is 12.1 Å². The Hall–Kier alpha value is -2.81. The highest BCUT2D eigenvalue weighted by molar-refractivity contribution is 6.00. The first kappa shape index (κ1) is 14.1. The van der Waals surface area contributed by atoms with Crippen molar-refractivity contribution in [3.05, 3.63) is 34.2 Å². The lowest BCUT2D eigenvalue weighted by molar-refractivity contribution is -0.135. The number of terminal acetylenes is 1. The van der Waals surface area contributed by atoms with Gasteiger partial charge in [-0.25, -0.2) is 4.79 Å². The predicted molar refractivity (Wildman–Crippen MR) is 81.1 cm³/mol. The van der Waals surface area contributed by atoms with Crippen LogP contribution < -0.4 is 11.0 Å². The fourth-order valence-electron chi connectivity index (χ4n) is 3.00. The van der Waals surface area contributed by atoms with Gasteiger partial charge in [0.2, 0.25) is 11.8 Å². The van der Waals surface area contributed by atoms with E-state index in [0.29, 0.717) is 18.4 Å². The smallest absolute Gasteiger partial charge is 0.295 e. The zero-order valence-corrected chi connectivity index (χ0v) is 12.1. The molecular formula is C16H15N3O3. The SMILES string of the molecule is C#CCc1cccc2c1n(C)c(=O)n2C1CCC(=O)NC1=O. The van der Waals surface area contributed by atoms with E-state index >= 15 is 0 Å². The van der Waals surface area contributed by atoms with Gasteiger partial charge in [0, 0.05) is 19.9 Å². The molecule has 2 aromatic rings. The number of hydrogen-bond acceptors (Lipinski definition) is 3. The van der Waals surface area contributed by atoms with Crippen molar-refractivity contribution in [2.24, 2.45) is 7.05 Å². The lowest BCUT2D eigenvalue weighted by Gasteiger charge is -2.21. The molecule has 0 aliphatic carbocycles. The maximum atomic E-state index is 12.6. The fraction of sp³-hybridized carbons (Fsp3) is 0.312. The molecule has 3 rings (SSSR count). The number of para-hydroxylation sites is 1. The van der Waals surface area contributed by atoms with Crippen LogP contribution in [-0.4, -0.2) is 20.9 Å². The molecule has 1 aromatic heterocycles. The second-order valence-electron chi connectivity index (χ2n) is 5.34. The van der Waals surface area contributed by atoms with E-state index in [2.05, 4.69) is 11.2 Å². The van der Waals surface area contributed by atoms with Crippen LogP contribution >= 0.6 is 0 Å². The molecule has 1 aliphatic rings. The quantitative estimate of drug-likeness (QED) is 0.648. The van der Waals surface area contributed by atoms with Crippen LogP contribution in [0.4, 0.5) is 0 Å². The number of aryl methyl sites for hydroxylation is 1. The average Bonchev–Trinajstić information content (AvgIpc) is 2.73. The first-order chi connectivity index (χ1) is 10.5. The third kappa shape index (κ3) is 2.02. The van der Waals surface area contributed by atoms with E-state index in [0.717, 1.165) is 11.1 Å². The van der Waals surface area contributed by atoms with Crippen LogP contribution in [0, 0.1) is 12.3 Å². The molecule has 1 fully saturated rings. The van der Waals surface area contributed by atoms with Gasteiger partial charge in [0.25, 0.3) is 0 Å². The van der Waals surface area contributed by atoms with Gasteiger partial charge in [0.1, 0.15) is 6.04 Å². The minimum absolute atomic E-state index is 0.225. The third-order valence-corrected chi connectivity index (χ3v) is 4.00. The van der Waals surface area contributed by atoms with Gasteiger partial charge in [-0.15, -0.1) is 12.3 Å². The molecule has 1 saturated heterocycles. The van der Waals surface area contributed by atoms with Crippen molar-refractivity contribution in [3.63, 3.8) is 0 Å². The lowest BCUT2D eigenvalue weighted by Crippen LogP contribution is -2.44. The van der Waals surface area contributed by atoms with Gasteiger partial charge in [0.15, 0.2) is 0 Å². The maximum Gasteiger partial charge on any atom is 0.329 e. The molecular weight excluding hydrogens is 282 g/mol. The summed E-state index contributed by atoms with van der Waals surface area (Å²) in [5, 5.41) is 2.29.